The smallest absolute Gasteiger partial charge is 0.245 e. The second-order valence-electron chi connectivity index (χ2n) is 23.4. The van der Waals surface area contributed by atoms with Crippen LogP contribution in [-0.4, -0.2) is 217 Å². The van der Waals surface area contributed by atoms with E-state index in [9.17, 15) is 52.7 Å². The first kappa shape index (κ1) is 71.2. The highest BCUT2D eigenvalue weighted by atomic mass is 16.2. The number of nitrogens with zero attached hydrogens (tertiary/aromatic N) is 7. The summed E-state index contributed by atoms with van der Waals surface area (Å²) in [5, 5.41) is 10.6. The quantitative estimate of drug-likeness (QED) is 0.0711. The van der Waals surface area contributed by atoms with E-state index in [1.54, 1.807) is 41.9 Å². The van der Waals surface area contributed by atoms with Crippen LogP contribution in [0.1, 0.15) is 136 Å². The number of carbonyl (C=O) groups is 11. The molecular formula is C55H101N11O11. The van der Waals surface area contributed by atoms with Crippen molar-refractivity contribution in [2.45, 2.75) is 190 Å². The Hall–Kier alpha value is -5.83. The van der Waals surface area contributed by atoms with Crippen LogP contribution in [0.2, 0.25) is 0 Å². The van der Waals surface area contributed by atoms with Gasteiger partial charge in [0, 0.05) is 56.4 Å². The van der Waals surface area contributed by atoms with Gasteiger partial charge in [0.15, 0.2) is 0 Å². The summed E-state index contributed by atoms with van der Waals surface area (Å²) in [7, 11) is 12.1. The van der Waals surface area contributed by atoms with E-state index in [-0.39, 0.29) is 61.3 Å². The molecule has 0 rings (SSSR count). The lowest BCUT2D eigenvalue weighted by molar-refractivity contribution is -0.154. The molecule has 0 bridgehead atoms. The lowest BCUT2D eigenvalue weighted by Gasteiger charge is -2.39. The van der Waals surface area contributed by atoms with Crippen molar-refractivity contribution < 1.29 is 52.7 Å². The highest BCUT2D eigenvalue weighted by Gasteiger charge is 2.42. The van der Waals surface area contributed by atoms with Gasteiger partial charge in [0.25, 0.3) is 0 Å². The van der Waals surface area contributed by atoms with Crippen LogP contribution in [0.25, 0.3) is 0 Å². The van der Waals surface area contributed by atoms with E-state index < -0.39 is 113 Å². The maximum atomic E-state index is 14.5. The van der Waals surface area contributed by atoms with Gasteiger partial charge in [-0.05, 0) is 81.5 Å². The van der Waals surface area contributed by atoms with Crippen LogP contribution in [0.15, 0.2) is 0 Å². The van der Waals surface area contributed by atoms with Crippen LogP contribution in [0, 0.1) is 35.5 Å². The minimum atomic E-state index is -1.21. The van der Waals surface area contributed by atoms with Gasteiger partial charge in [-0.15, -0.1) is 0 Å². The van der Waals surface area contributed by atoms with E-state index in [4.69, 9.17) is 0 Å². The number of amides is 11. The van der Waals surface area contributed by atoms with E-state index >= 15 is 0 Å². The molecule has 9 unspecified atom stereocenters. The van der Waals surface area contributed by atoms with E-state index in [1.807, 2.05) is 69.2 Å². The number of rotatable bonds is 32. The summed E-state index contributed by atoms with van der Waals surface area (Å²) in [4.78, 5) is 159. The number of likely N-dealkylation sites (N-methyl/N-ethyl adjacent to an activating group) is 7. The Kier molecular flexibility index (Phi) is 30.3. The first-order valence-corrected chi connectivity index (χ1v) is 27.3. The van der Waals surface area contributed by atoms with Crippen LogP contribution in [0.5, 0.6) is 0 Å². The van der Waals surface area contributed by atoms with Gasteiger partial charge in [-0.25, -0.2) is 0 Å². The highest BCUT2D eigenvalue weighted by Crippen LogP contribution is 2.23. The minimum absolute atomic E-state index is 0.0182. The van der Waals surface area contributed by atoms with Crippen molar-refractivity contribution in [2.75, 3.05) is 62.9 Å². The predicted octanol–water partition coefficient (Wildman–Crippen LogP) is 2.18. The van der Waals surface area contributed by atoms with Crippen LogP contribution in [-0.2, 0) is 52.7 Å². The largest absolute Gasteiger partial charge is 0.347 e. The zero-order valence-corrected chi connectivity index (χ0v) is 51.1. The van der Waals surface area contributed by atoms with Gasteiger partial charge in [0.1, 0.15) is 54.4 Å². The van der Waals surface area contributed by atoms with Gasteiger partial charge < -0.3 is 55.6 Å². The maximum absolute atomic E-state index is 14.5. The standard InChI is InChI=1S/C55H101N11O11/c1-24-39(56-30-67)51(73)61(18)29-44(68)62(19)40(25-31(2)3)49(71)59-45(35(10)11)54(76)63(20)41(26-32(4)5)48(70)57-37(14)47(69)58-38(15)50(72)64(21)42(27-33(6)7)52(74)65(22)43(28-34(8)9)53(75)66(23)46(36(12)13)55(77)60(16)17/h30-43,45-46H,24-29H2,1-23H3,(H,56,67)(H,57,70)(H,58,69)(H,59,71). The third kappa shape index (κ3) is 21.5. The molecule has 0 spiro atoms. The molecule has 0 fully saturated rings. The average molecular weight is 1090 g/mol. The molecule has 0 aliphatic rings. The Bertz CT molecular complexity index is 2010. The first-order valence-electron chi connectivity index (χ1n) is 27.3. The zero-order valence-electron chi connectivity index (χ0n) is 51.1. The lowest BCUT2D eigenvalue weighted by Crippen LogP contribution is -2.61. The van der Waals surface area contributed by atoms with Gasteiger partial charge in [-0.1, -0.05) is 90.0 Å². The van der Waals surface area contributed by atoms with E-state index in [0.717, 1.165) is 0 Å². The molecule has 77 heavy (non-hydrogen) atoms. The molecule has 442 valence electrons. The number of nitrogens with one attached hydrogen (secondary N) is 4. The molecule has 22 heteroatoms. The SMILES string of the molecule is CCC(NC=O)C(=O)N(C)CC(=O)N(C)C(CC(C)C)C(=O)NC(C(=O)N(C)C(CC(C)C)C(=O)NC(C)C(=O)NC(C)C(=O)N(C)C(CC(C)C)C(=O)N(C)C(CC(C)C)C(=O)N(C)C(C(=O)N(C)C)C(C)C)C(C)C. The van der Waals surface area contributed by atoms with Gasteiger partial charge >= 0.3 is 0 Å². The fraction of sp³-hybridized carbons (Fsp3) is 0.800. The summed E-state index contributed by atoms with van der Waals surface area (Å²) in [5.74, 6) is -6.33. The number of hydrogen-bond donors (Lipinski definition) is 4. The molecule has 0 aromatic carbocycles. The molecule has 0 aliphatic heterocycles. The zero-order chi connectivity index (χ0) is 60.3. The molecule has 0 aromatic heterocycles. The highest BCUT2D eigenvalue weighted by molar-refractivity contribution is 5.98. The fourth-order valence-electron chi connectivity index (χ4n) is 9.09. The Morgan fingerprint density at radius 1 is 0.416 bits per heavy atom. The van der Waals surface area contributed by atoms with Gasteiger partial charge in [-0.3, -0.25) is 52.7 Å². The summed E-state index contributed by atoms with van der Waals surface area (Å²) in [6.45, 7) is 26.5. The monoisotopic (exact) mass is 1090 g/mol. The van der Waals surface area contributed by atoms with Crippen LogP contribution < -0.4 is 21.3 Å². The normalized spacial score (nSPS) is 15.0. The topological polar surface area (TPSA) is 259 Å². The molecule has 0 saturated heterocycles. The molecule has 11 amide bonds. The first-order chi connectivity index (χ1) is 35.4. The molecule has 0 radical (unpaired) electrons. The van der Waals surface area contributed by atoms with Crippen molar-refractivity contribution in [3.8, 4) is 0 Å². The van der Waals surface area contributed by atoms with Crippen LogP contribution >= 0.6 is 0 Å². The van der Waals surface area contributed by atoms with Crippen LogP contribution in [0.3, 0.4) is 0 Å². The predicted molar refractivity (Wildman–Crippen MR) is 297 cm³/mol. The average Bonchev–Trinajstić information content (AvgIpc) is 3.33. The summed E-state index contributed by atoms with van der Waals surface area (Å²) in [6.07, 6.45) is 1.64. The Balaban J connectivity index is 6.52. The Morgan fingerprint density at radius 3 is 1.21 bits per heavy atom. The van der Waals surface area contributed by atoms with Crippen molar-refractivity contribution in [3.05, 3.63) is 0 Å². The fourth-order valence-corrected chi connectivity index (χ4v) is 9.09. The van der Waals surface area contributed by atoms with E-state index in [2.05, 4.69) is 21.3 Å². The Morgan fingerprint density at radius 2 is 0.805 bits per heavy atom. The number of hydrogen-bond acceptors (Lipinski definition) is 11. The number of carbonyl (C=O) groups excluding carboxylic acids is 11. The van der Waals surface area contributed by atoms with Crippen molar-refractivity contribution in [1.82, 2.24) is 55.6 Å². The van der Waals surface area contributed by atoms with Gasteiger partial charge in [0.05, 0.1) is 6.54 Å². The van der Waals surface area contributed by atoms with Crippen molar-refractivity contribution >= 4 is 65.5 Å². The summed E-state index contributed by atoms with van der Waals surface area (Å²) in [6, 6.07) is -9.27. The molecule has 0 aromatic rings. The maximum Gasteiger partial charge on any atom is 0.245 e. The molecule has 4 N–H and O–H groups in total. The van der Waals surface area contributed by atoms with Crippen molar-refractivity contribution in [3.63, 3.8) is 0 Å². The molecule has 0 heterocycles. The van der Waals surface area contributed by atoms with E-state index in [1.165, 1.54) is 83.4 Å². The second kappa shape index (κ2) is 32.8. The van der Waals surface area contributed by atoms with Gasteiger partial charge in [-0.2, -0.15) is 0 Å². The minimum Gasteiger partial charge on any atom is -0.347 e. The molecule has 0 saturated carbocycles. The summed E-state index contributed by atoms with van der Waals surface area (Å²) in [5.41, 5.74) is 0. The van der Waals surface area contributed by atoms with Crippen LogP contribution in [0.4, 0.5) is 0 Å². The van der Waals surface area contributed by atoms with Crippen molar-refractivity contribution in [2.24, 2.45) is 35.5 Å². The van der Waals surface area contributed by atoms with Gasteiger partial charge in [0.2, 0.25) is 65.5 Å². The summed E-state index contributed by atoms with van der Waals surface area (Å²) < 4.78 is 0. The molecule has 22 nitrogen and oxygen atoms in total. The van der Waals surface area contributed by atoms with Crippen molar-refractivity contribution in [1.29, 1.82) is 0 Å². The third-order valence-electron chi connectivity index (χ3n) is 13.8. The molecule has 0 aliphatic carbocycles. The molecule has 9 atom stereocenters. The third-order valence-corrected chi connectivity index (χ3v) is 13.8. The Labute approximate surface area is 461 Å². The molecular weight excluding hydrogens is 991 g/mol. The van der Waals surface area contributed by atoms with E-state index in [0.29, 0.717) is 19.3 Å². The second-order valence-corrected chi connectivity index (χ2v) is 23.4. The lowest BCUT2D eigenvalue weighted by atomic mass is 9.95. The summed E-state index contributed by atoms with van der Waals surface area (Å²) >= 11 is 0.